The highest BCUT2D eigenvalue weighted by molar-refractivity contribution is 6.34. The van der Waals surface area contributed by atoms with E-state index >= 15 is 0 Å². The van der Waals surface area contributed by atoms with E-state index in [2.05, 4.69) is 22.7 Å². The first-order valence-corrected chi connectivity index (χ1v) is 7.32. The van der Waals surface area contributed by atoms with E-state index in [9.17, 15) is 9.59 Å². The Morgan fingerprint density at radius 3 is 2.33 bits per heavy atom. The summed E-state index contributed by atoms with van der Waals surface area (Å²) in [6.45, 7) is 1.77. The molecule has 0 unspecified atom stereocenters. The second-order valence-corrected chi connectivity index (χ2v) is 5.46. The average molecular weight is 287 g/mol. The lowest BCUT2D eigenvalue weighted by Crippen LogP contribution is -2.33. The maximum Gasteiger partial charge on any atom is 0.329 e. The monoisotopic (exact) mass is 287 g/mol. The number of nitrogens with one attached hydrogen (secondary N) is 1. The van der Waals surface area contributed by atoms with Crippen molar-refractivity contribution in [2.24, 2.45) is 10.8 Å². The minimum absolute atomic E-state index is 0.639. The molecule has 3 N–H and O–H groups in total. The molecule has 1 fully saturated rings. The number of benzene rings is 1. The topological polar surface area (TPSA) is 84.6 Å². The van der Waals surface area contributed by atoms with Gasteiger partial charge < -0.3 is 5.73 Å². The van der Waals surface area contributed by atoms with E-state index in [0.717, 1.165) is 5.56 Å². The summed E-state index contributed by atoms with van der Waals surface area (Å²) in [4.78, 5) is 21.7. The number of hydrogen-bond donors (Lipinski definition) is 2. The van der Waals surface area contributed by atoms with Gasteiger partial charge in [0.25, 0.3) is 0 Å². The molecule has 2 amide bonds. The molecule has 0 aromatic heterocycles. The highest BCUT2D eigenvalue weighted by Gasteiger charge is 2.15. The lowest BCUT2D eigenvalue weighted by atomic mass is 9.84. The summed E-state index contributed by atoms with van der Waals surface area (Å²) in [7, 11) is 0. The van der Waals surface area contributed by atoms with E-state index in [1.807, 2.05) is 12.1 Å². The molecule has 0 heterocycles. The van der Waals surface area contributed by atoms with Crippen LogP contribution in [0.4, 0.5) is 0 Å². The molecule has 0 spiro atoms. The zero-order valence-electron chi connectivity index (χ0n) is 12.3. The van der Waals surface area contributed by atoms with Gasteiger partial charge >= 0.3 is 11.8 Å². The van der Waals surface area contributed by atoms with E-state index in [4.69, 9.17) is 5.73 Å². The number of hydrogen-bond acceptors (Lipinski definition) is 3. The predicted molar refractivity (Wildman–Crippen MR) is 81.8 cm³/mol. The van der Waals surface area contributed by atoms with Crippen LogP contribution in [0.15, 0.2) is 29.4 Å². The Hall–Kier alpha value is -2.17. The Bertz CT molecular complexity index is 543. The maximum absolute atomic E-state index is 11.0. The van der Waals surface area contributed by atoms with Crippen molar-refractivity contribution >= 4 is 17.5 Å². The smallest absolute Gasteiger partial charge is 0.329 e. The second kappa shape index (κ2) is 7.02. The number of rotatable bonds is 3. The van der Waals surface area contributed by atoms with Crippen LogP contribution in [0.25, 0.3) is 0 Å². The first-order valence-electron chi connectivity index (χ1n) is 7.32. The fourth-order valence-corrected chi connectivity index (χ4v) is 2.69. The molecule has 0 atom stereocenters. The number of nitrogens with two attached hydrogens (primary N) is 1. The van der Waals surface area contributed by atoms with Crippen molar-refractivity contribution in [2.75, 3.05) is 0 Å². The summed E-state index contributed by atoms with van der Waals surface area (Å²) in [5, 5.41) is 3.87. The van der Waals surface area contributed by atoms with Crippen molar-refractivity contribution in [3.8, 4) is 0 Å². The molecule has 1 aliphatic rings. The van der Waals surface area contributed by atoms with Crippen LogP contribution in [-0.4, -0.2) is 17.5 Å². The summed E-state index contributed by atoms with van der Waals surface area (Å²) in [5.41, 5.74) is 9.90. The van der Waals surface area contributed by atoms with Crippen molar-refractivity contribution in [1.29, 1.82) is 0 Å². The lowest BCUT2D eigenvalue weighted by Gasteiger charge is -2.22. The highest BCUT2D eigenvalue weighted by Crippen LogP contribution is 2.32. The average Bonchev–Trinajstić information content (AvgIpc) is 2.53. The molecule has 21 heavy (non-hydrogen) atoms. The standard InChI is InChI=1S/C16H21N3O2/c1-11(18-19-16(21)15(17)20)12-7-9-14(10-8-12)13-5-3-2-4-6-13/h7-10,13H,2-6H2,1H3,(H2,17,20)(H,19,21)/b18-11+. The molecule has 1 aliphatic carbocycles. The Morgan fingerprint density at radius 2 is 1.76 bits per heavy atom. The van der Waals surface area contributed by atoms with Crippen molar-refractivity contribution in [3.63, 3.8) is 0 Å². The Kier molecular flexibility index (Phi) is 5.09. The summed E-state index contributed by atoms with van der Waals surface area (Å²) < 4.78 is 0. The van der Waals surface area contributed by atoms with Gasteiger partial charge in [-0.05, 0) is 36.8 Å². The summed E-state index contributed by atoms with van der Waals surface area (Å²) in [5.74, 6) is -1.29. The number of carbonyl (C=O) groups is 2. The minimum Gasteiger partial charge on any atom is -0.361 e. The maximum atomic E-state index is 11.0. The molecule has 0 radical (unpaired) electrons. The molecule has 0 bridgehead atoms. The minimum atomic E-state index is -1.04. The van der Waals surface area contributed by atoms with Crippen LogP contribution in [0.5, 0.6) is 0 Å². The van der Waals surface area contributed by atoms with Crippen LogP contribution in [-0.2, 0) is 9.59 Å². The SMILES string of the molecule is C/C(=N\NC(=O)C(N)=O)c1ccc(C2CCCCC2)cc1. The Labute approximate surface area is 124 Å². The second-order valence-electron chi connectivity index (χ2n) is 5.46. The molecule has 5 nitrogen and oxygen atoms in total. The largest absolute Gasteiger partial charge is 0.361 e. The van der Waals surface area contributed by atoms with Crippen LogP contribution in [0.2, 0.25) is 0 Å². The van der Waals surface area contributed by atoms with Crippen LogP contribution in [0.3, 0.4) is 0 Å². The molecule has 5 heteroatoms. The van der Waals surface area contributed by atoms with Crippen molar-refractivity contribution in [1.82, 2.24) is 5.43 Å². The third-order valence-electron chi connectivity index (χ3n) is 3.95. The molecule has 1 aromatic carbocycles. The zero-order valence-corrected chi connectivity index (χ0v) is 12.3. The molecule has 0 saturated heterocycles. The first-order chi connectivity index (χ1) is 10.1. The predicted octanol–water partition coefficient (Wildman–Crippen LogP) is 2.06. The van der Waals surface area contributed by atoms with Crippen LogP contribution >= 0.6 is 0 Å². The van der Waals surface area contributed by atoms with Gasteiger partial charge in [0.05, 0.1) is 5.71 Å². The number of primary amides is 1. The fraction of sp³-hybridized carbons (Fsp3) is 0.438. The van der Waals surface area contributed by atoms with Gasteiger partial charge in [-0.1, -0.05) is 43.5 Å². The van der Waals surface area contributed by atoms with Gasteiger partial charge in [0.1, 0.15) is 0 Å². The first kappa shape index (κ1) is 15.2. The molecule has 1 saturated carbocycles. The van der Waals surface area contributed by atoms with Crippen LogP contribution in [0, 0.1) is 0 Å². The van der Waals surface area contributed by atoms with Crippen molar-refractivity contribution < 1.29 is 9.59 Å². The van der Waals surface area contributed by atoms with Gasteiger partial charge in [0.15, 0.2) is 0 Å². The lowest BCUT2D eigenvalue weighted by molar-refractivity contribution is -0.137. The molecule has 112 valence electrons. The van der Waals surface area contributed by atoms with Crippen molar-refractivity contribution in [2.45, 2.75) is 44.9 Å². The van der Waals surface area contributed by atoms with Crippen molar-refractivity contribution in [3.05, 3.63) is 35.4 Å². The van der Waals surface area contributed by atoms with E-state index in [1.165, 1.54) is 37.7 Å². The third-order valence-corrected chi connectivity index (χ3v) is 3.95. The summed E-state index contributed by atoms with van der Waals surface area (Å²) >= 11 is 0. The van der Waals surface area contributed by atoms with E-state index < -0.39 is 11.8 Å². The molecular formula is C16H21N3O2. The Balaban J connectivity index is 2.02. The zero-order chi connectivity index (χ0) is 15.2. The number of amides is 2. The quantitative estimate of drug-likeness (QED) is 0.506. The third kappa shape index (κ3) is 4.15. The van der Waals surface area contributed by atoms with Crippen LogP contribution < -0.4 is 11.2 Å². The molecule has 0 aliphatic heterocycles. The van der Waals surface area contributed by atoms with Gasteiger partial charge in [-0.25, -0.2) is 5.43 Å². The molecule has 2 rings (SSSR count). The van der Waals surface area contributed by atoms with E-state index in [1.54, 1.807) is 6.92 Å². The van der Waals surface area contributed by atoms with Gasteiger partial charge in [0.2, 0.25) is 0 Å². The molecular weight excluding hydrogens is 266 g/mol. The van der Waals surface area contributed by atoms with E-state index in [0.29, 0.717) is 11.6 Å². The van der Waals surface area contributed by atoms with E-state index in [-0.39, 0.29) is 0 Å². The molecule has 1 aromatic rings. The number of nitrogens with zero attached hydrogens (tertiary/aromatic N) is 1. The normalized spacial score (nSPS) is 16.5. The fourth-order valence-electron chi connectivity index (χ4n) is 2.69. The summed E-state index contributed by atoms with van der Waals surface area (Å²) in [6, 6.07) is 8.25. The van der Waals surface area contributed by atoms with Gasteiger partial charge in [0, 0.05) is 0 Å². The van der Waals surface area contributed by atoms with Gasteiger partial charge in [-0.3, -0.25) is 9.59 Å². The highest BCUT2D eigenvalue weighted by atomic mass is 16.2. The number of carbonyl (C=O) groups excluding carboxylic acids is 2. The van der Waals surface area contributed by atoms with Gasteiger partial charge in [-0.2, -0.15) is 5.10 Å². The van der Waals surface area contributed by atoms with Crippen LogP contribution in [0.1, 0.15) is 56.1 Å². The number of hydrazone groups is 1. The Morgan fingerprint density at radius 1 is 1.14 bits per heavy atom. The van der Waals surface area contributed by atoms with Gasteiger partial charge in [-0.15, -0.1) is 0 Å². The summed E-state index contributed by atoms with van der Waals surface area (Å²) in [6.07, 6.45) is 6.50.